The van der Waals surface area contributed by atoms with E-state index in [4.69, 9.17) is 0 Å². The summed E-state index contributed by atoms with van der Waals surface area (Å²) in [5.74, 6) is 1.76. The number of hydrogen-bond acceptors (Lipinski definition) is 5. The van der Waals surface area contributed by atoms with Crippen molar-refractivity contribution < 1.29 is 33.5 Å². The first-order valence-corrected chi connectivity index (χ1v) is 7.89. The van der Waals surface area contributed by atoms with Gasteiger partial charge in [-0.3, -0.25) is 0 Å². The van der Waals surface area contributed by atoms with Crippen molar-refractivity contribution in [2.45, 2.75) is 17.1 Å². The molecular formula is C13H15LiO3S2. The van der Waals surface area contributed by atoms with Crippen LogP contribution in [0.15, 0.2) is 24.3 Å². The van der Waals surface area contributed by atoms with E-state index in [1.165, 1.54) is 13.5 Å². The van der Waals surface area contributed by atoms with Crippen molar-refractivity contribution >= 4 is 29.5 Å². The quantitative estimate of drug-likeness (QED) is 0.532. The Kier molecular flexibility index (Phi) is 7.41. The molecule has 1 saturated heterocycles. The maximum Gasteiger partial charge on any atom is 1.00 e. The van der Waals surface area contributed by atoms with E-state index in [0.717, 1.165) is 17.1 Å². The average Bonchev–Trinajstić information content (AvgIpc) is 2.47. The van der Waals surface area contributed by atoms with E-state index < -0.39 is 6.10 Å². The van der Waals surface area contributed by atoms with E-state index >= 15 is 0 Å². The number of thioether (sulfide) groups is 2. The standard InChI is InChI=1S/C13H15O3S2.Li/c1-16-12(15)10-5-3-9(4-6-10)11(14)13-17-7-2-8-18-13;/h3-6,11,13H,2,7-8H2,1H3;/q-1;+1. The summed E-state index contributed by atoms with van der Waals surface area (Å²) >= 11 is 3.48. The van der Waals surface area contributed by atoms with E-state index in [9.17, 15) is 9.90 Å². The van der Waals surface area contributed by atoms with Gasteiger partial charge in [-0.05, 0) is 30.1 Å². The summed E-state index contributed by atoms with van der Waals surface area (Å²) in [4.78, 5) is 11.3. The van der Waals surface area contributed by atoms with E-state index in [1.54, 1.807) is 47.8 Å². The maximum atomic E-state index is 12.3. The second-order valence-corrected chi connectivity index (χ2v) is 6.80. The van der Waals surface area contributed by atoms with Gasteiger partial charge in [0.05, 0.1) is 12.7 Å². The normalized spacial score (nSPS) is 17.4. The van der Waals surface area contributed by atoms with Crippen molar-refractivity contribution in [3.63, 3.8) is 0 Å². The zero-order valence-corrected chi connectivity index (χ0v) is 12.8. The van der Waals surface area contributed by atoms with Crippen molar-refractivity contribution in [3.05, 3.63) is 35.4 Å². The molecule has 1 aromatic rings. The maximum absolute atomic E-state index is 12.3. The van der Waals surface area contributed by atoms with Gasteiger partial charge >= 0.3 is 24.8 Å². The first-order chi connectivity index (χ1) is 8.72. The summed E-state index contributed by atoms with van der Waals surface area (Å²) in [5.41, 5.74) is 1.23. The molecule has 1 unspecified atom stereocenters. The molecule has 3 nitrogen and oxygen atoms in total. The molecule has 0 amide bonds. The van der Waals surface area contributed by atoms with Crippen LogP contribution in [0, 0.1) is 0 Å². The topological polar surface area (TPSA) is 49.4 Å². The van der Waals surface area contributed by atoms with Gasteiger partial charge in [0.25, 0.3) is 0 Å². The Hall–Kier alpha value is -0.0526. The Morgan fingerprint density at radius 2 is 1.89 bits per heavy atom. The molecule has 1 atom stereocenters. The van der Waals surface area contributed by atoms with Crippen LogP contribution >= 0.6 is 23.5 Å². The van der Waals surface area contributed by atoms with Crippen molar-refractivity contribution in [1.82, 2.24) is 0 Å². The van der Waals surface area contributed by atoms with Crippen LogP contribution in [0.5, 0.6) is 0 Å². The van der Waals surface area contributed by atoms with Gasteiger partial charge in [0.1, 0.15) is 0 Å². The summed E-state index contributed by atoms with van der Waals surface area (Å²) < 4.78 is 4.71. The van der Waals surface area contributed by atoms with E-state index in [2.05, 4.69) is 4.74 Å². The van der Waals surface area contributed by atoms with Gasteiger partial charge in [-0.25, -0.2) is 4.79 Å². The predicted octanol–water partition coefficient (Wildman–Crippen LogP) is -0.925. The van der Waals surface area contributed by atoms with Crippen LogP contribution in [0.2, 0.25) is 0 Å². The smallest absolute Gasteiger partial charge is 0.847 e. The van der Waals surface area contributed by atoms with E-state index in [1.807, 2.05) is 0 Å². The minimum absolute atomic E-state index is 0. The number of esters is 1. The molecule has 2 rings (SSSR count). The SMILES string of the molecule is COC(=O)c1ccc(C([O-])C2SCCCS2)cc1.[Li+]. The molecular weight excluding hydrogens is 275 g/mol. The molecule has 19 heavy (non-hydrogen) atoms. The number of carbonyl (C=O) groups is 1. The fraction of sp³-hybridized carbons (Fsp3) is 0.462. The Labute approximate surface area is 134 Å². The molecule has 1 aliphatic rings. The molecule has 98 valence electrons. The van der Waals surface area contributed by atoms with Crippen LogP contribution in [-0.2, 0) is 4.74 Å². The monoisotopic (exact) mass is 290 g/mol. The second-order valence-electron chi connectivity index (χ2n) is 4.00. The van der Waals surface area contributed by atoms with Gasteiger partial charge < -0.3 is 9.84 Å². The number of ether oxygens (including phenoxy) is 1. The predicted molar refractivity (Wildman–Crippen MR) is 73.8 cm³/mol. The minimum atomic E-state index is -0.730. The summed E-state index contributed by atoms with van der Waals surface area (Å²) in [6, 6.07) is 6.79. The van der Waals surface area contributed by atoms with Crippen molar-refractivity contribution in [3.8, 4) is 0 Å². The summed E-state index contributed by atoms with van der Waals surface area (Å²) in [6.07, 6.45) is 0.451. The van der Waals surface area contributed by atoms with Gasteiger partial charge in [0, 0.05) is 4.58 Å². The summed E-state index contributed by atoms with van der Waals surface area (Å²) in [5, 5.41) is 12.3. The average molecular weight is 290 g/mol. The molecule has 0 aliphatic carbocycles. The van der Waals surface area contributed by atoms with Crippen LogP contribution in [0.4, 0.5) is 0 Å². The van der Waals surface area contributed by atoms with Crippen LogP contribution in [0.1, 0.15) is 28.4 Å². The molecule has 1 aromatic carbocycles. The number of benzene rings is 1. The zero-order valence-electron chi connectivity index (χ0n) is 11.1. The Morgan fingerprint density at radius 1 is 1.32 bits per heavy atom. The van der Waals surface area contributed by atoms with Crippen LogP contribution in [-0.4, -0.2) is 29.2 Å². The Balaban J connectivity index is 0.00000180. The molecule has 0 bridgehead atoms. The number of hydrogen-bond donors (Lipinski definition) is 0. The molecule has 0 aromatic heterocycles. The van der Waals surface area contributed by atoms with Crippen molar-refractivity contribution in [1.29, 1.82) is 0 Å². The minimum Gasteiger partial charge on any atom is -0.847 e. The van der Waals surface area contributed by atoms with E-state index in [0.29, 0.717) is 5.56 Å². The largest absolute Gasteiger partial charge is 1.00 e. The van der Waals surface area contributed by atoms with Gasteiger partial charge in [0.2, 0.25) is 0 Å². The molecule has 0 spiro atoms. The molecule has 0 radical (unpaired) electrons. The number of carbonyl (C=O) groups excluding carboxylic acids is 1. The summed E-state index contributed by atoms with van der Waals surface area (Å²) in [6.45, 7) is 0. The fourth-order valence-corrected chi connectivity index (χ4v) is 4.66. The molecule has 1 aliphatic heterocycles. The van der Waals surface area contributed by atoms with E-state index in [-0.39, 0.29) is 29.4 Å². The third-order valence-corrected chi connectivity index (χ3v) is 5.78. The van der Waals surface area contributed by atoms with Crippen LogP contribution in [0.25, 0.3) is 0 Å². The van der Waals surface area contributed by atoms with Crippen molar-refractivity contribution in [2.24, 2.45) is 0 Å². The molecule has 1 fully saturated rings. The fourth-order valence-electron chi connectivity index (χ4n) is 1.76. The third-order valence-electron chi connectivity index (χ3n) is 2.76. The van der Waals surface area contributed by atoms with Crippen molar-refractivity contribution in [2.75, 3.05) is 18.6 Å². The van der Waals surface area contributed by atoms with Crippen LogP contribution < -0.4 is 24.0 Å². The molecule has 0 saturated carbocycles. The van der Waals surface area contributed by atoms with Gasteiger partial charge in [0.15, 0.2) is 0 Å². The Morgan fingerprint density at radius 3 is 2.42 bits per heavy atom. The molecule has 6 heteroatoms. The van der Waals surface area contributed by atoms with Crippen LogP contribution in [0.3, 0.4) is 0 Å². The number of methoxy groups -OCH3 is 1. The first kappa shape index (κ1) is 17.0. The first-order valence-electron chi connectivity index (χ1n) is 5.79. The number of rotatable bonds is 3. The Bertz CT molecular complexity index is 405. The van der Waals surface area contributed by atoms with Gasteiger partial charge in [-0.2, -0.15) is 0 Å². The van der Waals surface area contributed by atoms with Gasteiger partial charge in [-0.1, -0.05) is 23.8 Å². The zero-order chi connectivity index (χ0) is 13.0. The van der Waals surface area contributed by atoms with Gasteiger partial charge in [-0.15, -0.1) is 23.5 Å². The molecule has 0 N–H and O–H groups in total. The second kappa shape index (κ2) is 8.28. The third kappa shape index (κ3) is 4.47. The molecule has 1 heterocycles. The summed E-state index contributed by atoms with van der Waals surface area (Å²) in [7, 11) is 1.35.